The SMILES string of the molecule is CN1CC(C2=CC=c3[nH]nc(-c4nc5c(-c6ccsc6)cncc5[nH]4)c3=NC2)C=N1. The minimum absolute atomic E-state index is 0.292. The molecule has 4 aromatic rings. The van der Waals surface area contributed by atoms with Crippen LogP contribution >= 0.6 is 11.3 Å². The molecule has 2 aliphatic rings. The van der Waals surface area contributed by atoms with E-state index in [-0.39, 0.29) is 0 Å². The van der Waals surface area contributed by atoms with Crippen LogP contribution in [-0.4, -0.2) is 56.5 Å². The lowest BCUT2D eigenvalue weighted by Crippen LogP contribution is -2.24. The molecule has 4 aromatic heterocycles. The normalized spacial score (nSPS) is 18.1. The average Bonchev–Trinajstić information content (AvgIpc) is 3.53. The molecule has 0 spiro atoms. The van der Waals surface area contributed by atoms with Crippen LogP contribution in [0.25, 0.3) is 39.8 Å². The molecule has 1 atom stereocenters. The lowest BCUT2D eigenvalue weighted by atomic mass is 10.0. The highest BCUT2D eigenvalue weighted by Gasteiger charge is 2.20. The number of aromatic nitrogens is 5. The smallest absolute Gasteiger partial charge is 0.161 e. The molecular weight excluding hydrogens is 396 g/mol. The molecule has 0 saturated carbocycles. The summed E-state index contributed by atoms with van der Waals surface area (Å²) in [5.74, 6) is 0.982. The van der Waals surface area contributed by atoms with Crippen molar-refractivity contribution in [3.63, 3.8) is 0 Å². The van der Waals surface area contributed by atoms with Gasteiger partial charge in [0.25, 0.3) is 0 Å². The van der Waals surface area contributed by atoms with Crippen molar-refractivity contribution in [2.24, 2.45) is 16.0 Å². The number of allylic oxidation sites excluding steroid dienone is 1. The number of imidazole rings is 1. The molecule has 6 rings (SSSR count). The summed E-state index contributed by atoms with van der Waals surface area (Å²) in [6.07, 6.45) is 9.82. The minimum Gasteiger partial charge on any atom is -0.335 e. The first-order valence-electron chi connectivity index (χ1n) is 9.68. The van der Waals surface area contributed by atoms with Gasteiger partial charge in [-0.2, -0.15) is 21.5 Å². The van der Waals surface area contributed by atoms with Crippen LogP contribution in [0.4, 0.5) is 0 Å². The summed E-state index contributed by atoms with van der Waals surface area (Å²) in [4.78, 5) is 17.5. The Morgan fingerprint density at radius 2 is 2.20 bits per heavy atom. The van der Waals surface area contributed by atoms with Crippen LogP contribution in [-0.2, 0) is 0 Å². The van der Waals surface area contributed by atoms with Gasteiger partial charge >= 0.3 is 0 Å². The topological polar surface area (TPSA) is 98.2 Å². The van der Waals surface area contributed by atoms with Crippen LogP contribution in [0.5, 0.6) is 0 Å². The number of pyridine rings is 1. The number of rotatable bonds is 3. The molecular formula is C21H18N8S. The predicted molar refractivity (Wildman–Crippen MR) is 118 cm³/mol. The molecule has 1 unspecified atom stereocenters. The first-order chi connectivity index (χ1) is 14.8. The van der Waals surface area contributed by atoms with Crippen molar-refractivity contribution in [1.29, 1.82) is 0 Å². The van der Waals surface area contributed by atoms with Gasteiger partial charge in [-0.3, -0.25) is 20.1 Å². The van der Waals surface area contributed by atoms with Gasteiger partial charge in [0.2, 0.25) is 0 Å². The monoisotopic (exact) mass is 414 g/mol. The maximum absolute atomic E-state index is 4.87. The van der Waals surface area contributed by atoms with Gasteiger partial charge in [-0.1, -0.05) is 6.08 Å². The number of nitrogens with zero attached hydrogens (tertiary/aromatic N) is 6. The van der Waals surface area contributed by atoms with E-state index in [2.05, 4.69) is 48.2 Å². The molecule has 0 aromatic carbocycles. The number of thiophene rings is 1. The largest absolute Gasteiger partial charge is 0.335 e. The van der Waals surface area contributed by atoms with E-state index in [4.69, 9.17) is 9.98 Å². The van der Waals surface area contributed by atoms with Gasteiger partial charge in [-0.25, -0.2) is 4.98 Å². The Balaban J connectivity index is 1.42. The fourth-order valence-corrected chi connectivity index (χ4v) is 4.56. The van der Waals surface area contributed by atoms with Crippen molar-refractivity contribution in [3.8, 4) is 22.6 Å². The van der Waals surface area contributed by atoms with Gasteiger partial charge in [0.05, 0.1) is 23.6 Å². The van der Waals surface area contributed by atoms with Crippen molar-refractivity contribution < 1.29 is 0 Å². The zero-order chi connectivity index (χ0) is 20.1. The molecule has 0 amide bonds. The Hall–Kier alpha value is -3.59. The fourth-order valence-electron chi connectivity index (χ4n) is 3.91. The molecule has 148 valence electrons. The van der Waals surface area contributed by atoms with Crippen molar-refractivity contribution >= 4 is 34.7 Å². The van der Waals surface area contributed by atoms with Crippen molar-refractivity contribution in [2.75, 3.05) is 20.1 Å². The molecule has 2 aliphatic heterocycles. The maximum Gasteiger partial charge on any atom is 0.161 e. The highest BCUT2D eigenvalue weighted by Crippen LogP contribution is 2.29. The lowest BCUT2D eigenvalue weighted by Gasteiger charge is -2.11. The first kappa shape index (κ1) is 17.3. The van der Waals surface area contributed by atoms with Crippen LogP contribution in [0, 0.1) is 5.92 Å². The van der Waals surface area contributed by atoms with Crippen LogP contribution < -0.4 is 10.7 Å². The standard InChI is InChI=1S/C21H18N8S/c1-29-10-14(7-24-29)12-2-3-16-19(23-6-12)20(28-27-16)21-25-17-9-22-8-15(18(17)26-21)13-4-5-30-11-13/h2-5,7-9,11,14,27H,6,10H2,1H3,(H,25,26). The molecule has 6 heterocycles. The summed E-state index contributed by atoms with van der Waals surface area (Å²) in [5, 5.41) is 19.8. The molecule has 8 nitrogen and oxygen atoms in total. The number of hydrazone groups is 1. The van der Waals surface area contributed by atoms with Crippen LogP contribution in [0.15, 0.2) is 51.0 Å². The molecule has 0 fully saturated rings. The second-order valence-electron chi connectivity index (χ2n) is 7.45. The van der Waals surface area contributed by atoms with E-state index < -0.39 is 0 Å². The predicted octanol–water partition coefficient (Wildman–Crippen LogP) is 1.96. The highest BCUT2D eigenvalue weighted by molar-refractivity contribution is 7.08. The van der Waals surface area contributed by atoms with Gasteiger partial charge in [-0.05, 0) is 34.0 Å². The summed E-state index contributed by atoms with van der Waals surface area (Å²) in [5.41, 5.74) is 5.86. The van der Waals surface area contributed by atoms with E-state index in [1.807, 2.05) is 30.5 Å². The molecule has 0 saturated heterocycles. The third kappa shape index (κ3) is 2.78. The third-order valence-corrected chi connectivity index (χ3v) is 6.17. The van der Waals surface area contributed by atoms with Gasteiger partial charge in [0.15, 0.2) is 11.5 Å². The van der Waals surface area contributed by atoms with E-state index in [0.29, 0.717) is 18.3 Å². The summed E-state index contributed by atoms with van der Waals surface area (Å²) in [7, 11) is 1.99. The Morgan fingerprint density at radius 3 is 3.03 bits per heavy atom. The van der Waals surface area contributed by atoms with Crippen LogP contribution in [0.2, 0.25) is 0 Å². The Bertz CT molecular complexity index is 1420. The summed E-state index contributed by atoms with van der Waals surface area (Å²) in [6, 6.07) is 2.08. The maximum atomic E-state index is 4.87. The van der Waals surface area contributed by atoms with Gasteiger partial charge < -0.3 is 4.98 Å². The second kappa shape index (κ2) is 6.74. The Kier molecular flexibility index (Phi) is 3.88. The third-order valence-electron chi connectivity index (χ3n) is 5.48. The van der Waals surface area contributed by atoms with E-state index in [1.54, 1.807) is 17.5 Å². The van der Waals surface area contributed by atoms with Crippen molar-refractivity contribution in [2.45, 2.75) is 0 Å². The van der Waals surface area contributed by atoms with E-state index >= 15 is 0 Å². The number of aromatic amines is 2. The van der Waals surface area contributed by atoms with Crippen molar-refractivity contribution in [3.05, 3.63) is 51.6 Å². The van der Waals surface area contributed by atoms with Crippen molar-refractivity contribution in [1.82, 2.24) is 30.2 Å². The van der Waals surface area contributed by atoms with E-state index in [0.717, 1.165) is 45.1 Å². The number of hydrogen-bond acceptors (Lipinski definition) is 7. The highest BCUT2D eigenvalue weighted by atomic mass is 32.1. The molecule has 30 heavy (non-hydrogen) atoms. The number of fused-ring (bicyclic) bond motifs is 2. The number of hydrogen-bond donors (Lipinski definition) is 2. The summed E-state index contributed by atoms with van der Waals surface area (Å²) in [6.45, 7) is 1.50. The minimum atomic E-state index is 0.292. The second-order valence-corrected chi connectivity index (χ2v) is 8.23. The number of nitrogens with one attached hydrogen (secondary N) is 2. The lowest BCUT2D eigenvalue weighted by molar-refractivity contribution is 0.371. The summed E-state index contributed by atoms with van der Waals surface area (Å²) >= 11 is 1.66. The van der Waals surface area contributed by atoms with Crippen LogP contribution in [0.3, 0.4) is 0 Å². The summed E-state index contributed by atoms with van der Waals surface area (Å²) < 4.78 is 0. The van der Waals surface area contributed by atoms with Gasteiger partial charge in [0.1, 0.15) is 10.9 Å². The molecule has 0 radical (unpaired) electrons. The average molecular weight is 414 g/mol. The number of H-pyrrole nitrogens is 2. The van der Waals surface area contributed by atoms with Gasteiger partial charge in [0, 0.05) is 37.5 Å². The molecule has 2 N–H and O–H groups in total. The zero-order valence-electron chi connectivity index (χ0n) is 16.2. The first-order valence-corrected chi connectivity index (χ1v) is 10.6. The molecule has 0 aliphatic carbocycles. The molecule has 9 heteroatoms. The van der Waals surface area contributed by atoms with E-state index in [9.17, 15) is 0 Å². The zero-order valence-corrected chi connectivity index (χ0v) is 17.0. The Morgan fingerprint density at radius 1 is 1.23 bits per heavy atom. The van der Waals surface area contributed by atoms with Gasteiger partial charge in [-0.15, -0.1) is 0 Å². The van der Waals surface area contributed by atoms with Crippen LogP contribution in [0.1, 0.15) is 0 Å². The Labute approximate surface area is 175 Å². The fraction of sp³-hybridized carbons (Fsp3) is 0.190. The quantitative estimate of drug-likeness (QED) is 0.535. The molecule has 0 bridgehead atoms. The van der Waals surface area contributed by atoms with E-state index in [1.165, 1.54) is 5.57 Å².